The number of pyridine rings is 1. The highest BCUT2D eigenvalue weighted by atomic mass is 16.5. The highest BCUT2D eigenvalue weighted by Crippen LogP contribution is 2.22. The predicted molar refractivity (Wildman–Crippen MR) is 123 cm³/mol. The molecular weight excluding hydrogens is 432 g/mol. The first-order chi connectivity index (χ1) is 16.5. The van der Waals surface area contributed by atoms with Crippen molar-refractivity contribution in [3.05, 3.63) is 77.4 Å². The van der Waals surface area contributed by atoms with Gasteiger partial charge in [-0.2, -0.15) is 10.4 Å². The lowest BCUT2D eigenvalue weighted by Gasteiger charge is -2.26. The quantitative estimate of drug-likeness (QED) is 0.429. The molecule has 1 aromatic carbocycles. The Labute approximate surface area is 195 Å². The third kappa shape index (κ3) is 3.95. The van der Waals surface area contributed by atoms with E-state index in [1.165, 1.54) is 10.9 Å². The minimum absolute atomic E-state index is 0.0458. The van der Waals surface area contributed by atoms with Crippen molar-refractivity contribution in [2.75, 3.05) is 26.3 Å². The molecule has 1 aliphatic rings. The van der Waals surface area contributed by atoms with Gasteiger partial charge in [0.05, 0.1) is 36.2 Å². The standard InChI is InChI=1S/C25H22N6O3/c1-29-24(20(14-27-29)25(33)30-7-9-34-10-8-30)22(32)11-18-12-23-28-21(17-5-3-2-4-6-17)16-31(23)15-19(18)13-26/h2-6,12,14-16H,7-11H2,1H3. The summed E-state index contributed by atoms with van der Waals surface area (Å²) in [7, 11) is 1.64. The molecule has 34 heavy (non-hydrogen) atoms. The van der Waals surface area contributed by atoms with E-state index in [1.54, 1.807) is 28.6 Å². The fourth-order valence-electron chi connectivity index (χ4n) is 4.19. The number of carbonyl (C=O) groups excluding carboxylic acids is 2. The number of amides is 1. The maximum Gasteiger partial charge on any atom is 0.257 e. The zero-order chi connectivity index (χ0) is 23.7. The summed E-state index contributed by atoms with van der Waals surface area (Å²) in [5.41, 5.74) is 3.80. The number of carbonyl (C=O) groups is 2. The number of nitriles is 1. The zero-order valence-corrected chi connectivity index (χ0v) is 18.6. The van der Waals surface area contributed by atoms with E-state index in [0.717, 1.165) is 11.3 Å². The summed E-state index contributed by atoms with van der Waals surface area (Å²) >= 11 is 0. The van der Waals surface area contributed by atoms with Gasteiger partial charge in [0.1, 0.15) is 17.4 Å². The Morgan fingerprint density at radius 3 is 2.65 bits per heavy atom. The monoisotopic (exact) mass is 454 g/mol. The molecular formula is C25H22N6O3. The molecule has 1 amide bonds. The van der Waals surface area contributed by atoms with Gasteiger partial charge in [0, 0.05) is 44.5 Å². The molecule has 9 heteroatoms. The summed E-state index contributed by atoms with van der Waals surface area (Å²) in [6.45, 7) is 1.88. The number of nitrogens with zero attached hydrogens (tertiary/aromatic N) is 6. The van der Waals surface area contributed by atoms with Crippen molar-refractivity contribution in [3.8, 4) is 17.3 Å². The summed E-state index contributed by atoms with van der Waals surface area (Å²) < 4.78 is 8.52. The molecule has 0 atom stereocenters. The minimum atomic E-state index is -0.285. The summed E-state index contributed by atoms with van der Waals surface area (Å²) in [5.74, 6) is -0.524. The van der Waals surface area contributed by atoms with Crippen LogP contribution in [-0.2, 0) is 18.2 Å². The van der Waals surface area contributed by atoms with Crippen LogP contribution in [0.3, 0.4) is 0 Å². The zero-order valence-electron chi connectivity index (χ0n) is 18.6. The van der Waals surface area contributed by atoms with Crippen molar-refractivity contribution >= 4 is 17.3 Å². The second-order valence-electron chi connectivity index (χ2n) is 8.12. The number of imidazole rings is 1. The van der Waals surface area contributed by atoms with Crippen LogP contribution in [0.2, 0.25) is 0 Å². The molecule has 0 bridgehead atoms. The molecule has 0 aliphatic carbocycles. The fraction of sp³-hybridized carbons (Fsp3) is 0.240. The lowest BCUT2D eigenvalue weighted by Crippen LogP contribution is -2.41. The minimum Gasteiger partial charge on any atom is -0.378 e. The molecule has 170 valence electrons. The Morgan fingerprint density at radius 2 is 1.91 bits per heavy atom. The molecule has 3 aromatic heterocycles. The van der Waals surface area contributed by atoms with E-state index in [-0.39, 0.29) is 29.4 Å². The van der Waals surface area contributed by atoms with E-state index in [4.69, 9.17) is 4.74 Å². The highest BCUT2D eigenvalue weighted by molar-refractivity contribution is 6.07. The van der Waals surface area contributed by atoms with E-state index >= 15 is 0 Å². The summed E-state index contributed by atoms with van der Waals surface area (Å²) in [4.78, 5) is 32.7. The first kappa shape index (κ1) is 21.6. The van der Waals surface area contributed by atoms with Crippen LogP contribution in [0, 0.1) is 11.3 Å². The van der Waals surface area contributed by atoms with Gasteiger partial charge in [0.2, 0.25) is 0 Å². The van der Waals surface area contributed by atoms with Crippen molar-refractivity contribution in [1.82, 2.24) is 24.1 Å². The summed E-state index contributed by atoms with van der Waals surface area (Å²) in [5, 5.41) is 13.9. The number of fused-ring (bicyclic) bond motifs is 1. The summed E-state index contributed by atoms with van der Waals surface area (Å²) in [6.07, 6.45) is 4.92. The number of hydrogen-bond acceptors (Lipinski definition) is 6. The van der Waals surface area contributed by atoms with Crippen LogP contribution in [0.5, 0.6) is 0 Å². The number of ether oxygens (including phenoxy) is 1. The lowest BCUT2D eigenvalue weighted by molar-refractivity contribution is 0.0301. The average Bonchev–Trinajstić information content (AvgIpc) is 3.47. The van der Waals surface area contributed by atoms with Crippen molar-refractivity contribution in [2.24, 2.45) is 7.05 Å². The predicted octanol–water partition coefficient (Wildman–Crippen LogP) is 2.50. The first-order valence-electron chi connectivity index (χ1n) is 10.9. The number of morpholine rings is 1. The molecule has 5 rings (SSSR count). The Morgan fingerprint density at radius 1 is 1.15 bits per heavy atom. The van der Waals surface area contributed by atoms with Gasteiger partial charge in [0.15, 0.2) is 5.78 Å². The van der Waals surface area contributed by atoms with Gasteiger partial charge >= 0.3 is 0 Å². The SMILES string of the molecule is Cn1ncc(C(=O)N2CCOCC2)c1C(=O)Cc1cc2nc(-c3ccccc3)cn2cc1C#N. The van der Waals surface area contributed by atoms with Crippen molar-refractivity contribution in [3.63, 3.8) is 0 Å². The number of benzene rings is 1. The van der Waals surface area contributed by atoms with Crippen LogP contribution in [-0.4, -0.2) is 62.1 Å². The highest BCUT2D eigenvalue weighted by Gasteiger charge is 2.27. The largest absolute Gasteiger partial charge is 0.378 e. The molecule has 0 spiro atoms. The van der Waals surface area contributed by atoms with Crippen molar-refractivity contribution < 1.29 is 14.3 Å². The maximum atomic E-state index is 13.3. The molecule has 4 aromatic rings. The van der Waals surface area contributed by atoms with Crippen LogP contribution in [0.25, 0.3) is 16.9 Å². The molecule has 1 aliphatic heterocycles. The van der Waals surface area contributed by atoms with Crippen molar-refractivity contribution in [1.29, 1.82) is 5.26 Å². The topological polar surface area (TPSA) is 106 Å². The Hall–Kier alpha value is -4.29. The average molecular weight is 454 g/mol. The van der Waals surface area contributed by atoms with Crippen LogP contribution >= 0.6 is 0 Å². The van der Waals surface area contributed by atoms with Crippen molar-refractivity contribution in [2.45, 2.75) is 6.42 Å². The second kappa shape index (κ2) is 8.92. The molecule has 0 radical (unpaired) electrons. The molecule has 9 nitrogen and oxygen atoms in total. The van der Waals surface area contributed by atoms with Gasteiger partial charge in [-0.05, 0) is 11.6 Å². The van der Waals surface area contributed by atoms with Gasteiger partial charge in [-0.1, -0.05) is 30.3 Å². The van der Waals surface area contributed by atoms with Gasteiger partial charge < -0.3 is 14.0 Å². The van der Waals surface area contributed by atoms with Crippen LogP contribution in [0.4, 0.5) is 0 Å². The Bertz CT molecular complexity index is 1420. The van der Waals surface area contributed by atoms with E-state index in [2.05, 4.69) is 16.2 Å². The maximum absolute atomic E-state index is 13.3. The molecule has 0 saturated carbocycles. The number of aryl methyl sites for hydroxylation is 1. The third-order valence-electron chi connectivity index (χ3n) is 5.95. The Kier molecular flexibility index (Phi) is 5.65. The van der Waals surface area contributed by atoms with E-state index < -0.39 is 0 Å². The molecule has 1 fully saturated rings. The second-order valence-corrected chi connectivity index (χ2v) is 8.12. The van der Waals surface area contributed by atoms with Gasteiger partial charge in [-0.15, -0.1) is 0 Å². The molecule has 0 unspecified atom stereocenters. The lowest BCUT2D eigenvalue weighted by atomic mass is 10.0. The fourth-order valence-corrected chi connectivity index (χ4v) is 4.19. The summed E-state index contributed by atoms with van der Waals surface area (Å²) in [6, 6.07) is 13.7. The normalized spacial score (nSPS) is 13.7. The van der Waals surface area contributed by atoms with Gasteiger partial charge in [0.25, 0.3) is 5.91 Å². The molecule has 1 saturated heterocycles. The Balaban J connectivity index is 1.46. The molecule has 0 N–H and O–H groups in total. The number of ketones is 1. The van der Waals surface area contributed by atoms with E-state index in [0.29, 0.717) is 43.1 Å². The molecule has 4 heterocycles. The number of rotatable bonds is 5. The van der Waals surface area contributed by atoms with Gasteiger partial charge in [-0.25, -0.2) is 4.98 Å². The first-order valence-corrected chi connectivity index (χ1v) is 10.9. The number of aromatic nitrogens is 4. The van der Waals surface area contributed by atoms with Crippen LogP contribution < -0.4 is 0 Å². The van der Waals surface area contributed by atoms with Gasteiger partial charge in [-0.3, -0.25) is 14.3 Å². The third-order valence-corrected chi connectivity index (χ3v) is 5.95. The number of hydrogen-bond donors (Lipinski definition) is 0. The smallest absolute Gasteiger partial charge is 0.257 e. The van der Waals surface area contributed by atoms with Crippen LogP contribution in [0.15, 0.2) is 55.0 Å². The number of Topliss-reactive ketones (excluding diaryl/α,β-unsaturated/α-hetero) is 1. The van der Waals surface area contributed by atoms with Crippen LogP contribution in [0.1, 0.15) is 32.0 Å². The van der Waals surface area contributed by atoms with E-state index in [1.807, 2.05) is 36.5 Å². The van der Waals surface area contributed by atoms with E-state index in [9.17, 15) is 14.9 Å².